The third-order valence-electron chi connectivity index (χ3n) is 4.48. The Bertz CT molecular complexity index is 723. The van der Waals surface area contributed by atoms with Gasteiger partial charge in [-0.15, -0.1) is 11.3 Å². The SMILES string of the molecule is Cc1csc(NC(=O)CN(C(=O)c2ccccc2)C2CCCCC2)n1. The van der Waals surface area contributed by atoms with Gasteiger partial charge >= 0.3 is 0 Å². The molecule has 1 aromatic heterocycles. The van der Waals surface area contributed by atoms with Crippen LogP contribution in [0.2, 0.25) is 0 Å². The van der Waals surface area contributed by atoms with Crippen LogP contribution in [0.4, 0.5) is 5.13 Å². The third-order valence-corrected chi connectivity index (χ3v) is 5.35. The van der Waals surface area contributed by atoms with Crippen molar-refractivity contribution in [2.45, 2.75) is 45.1 Å². The molecule has 1 aliphatic carbocycles. The van der Waals surface area contributed by atoms with Crippen molar-refractivity contribution in [3.05, 3.63) is 47.0 Å². The van der Waals surface area contributed by atoms with Gasteiger partial charge < -0.3 is 10.2 Å². The highest BCUT2D eigenvalue weighted by atomic mass is 32.1. The number of amides is 2. The number of nitrogens with zero attached hydrogens (tertiary/aromatic N) is 2. The molecule has 0 radical (unpaired) electrons. The zero-order chi connectivity index (χ0) is 17.6. The Kier molecular flexibility index (Phi) is 5.81. The first kappa shape index (κ1) is 17.6. The van der Waals surface area contributed by atoms with Crippen LogP contribution in [0.1, 0.15) is 48.2 Å². The Labute approximate surface area is 152 Å². The van der Waals surface area contributed by atoms with E-state index in [1.54, 1.807) is 17.0 Å². The van der Waals surface area contributed by atoms with Crippen molar-refractivity contribution in [3.63, 3.8) is 0 Å². The van der Waals surface area contributed by atoms with Crippen LogP contribution in [0.25, 0.3) is 0 Å². The van der Waals surface area contributed by atoms with E-state index in [2.05, 4.69) is 10.3 Å². The smallest absolute Gasteiger partial charge is 0.254 e. The fraction of sp³-hybridized carbons (Fsp3) is 0.421. The van der Waals surface area contributed by atoms with E-state index in [0.29, 0.717) is 10.7 Å². The van der Waals surface area contributed by atoms with Crippen LogP contribution in [0.5, 0.6) is 0 Å². The Morgan fingerprint density at radius 1 is 1.20 bits per heavy atom. The second-order valence-corrected chi connectivity index (χ2v) is 7.29. The molecule has 0 saturated heterocycles. The quantitative estimate of drug-likeness (QED) is 0.884. The highest BCUT2D eigenvalue weighted by Gasteiger charge is 2.28. The number of carbonyl (C=O) groups is 2. The summed E-state index contributed by atoms with van der Waals surface area (Å²) in [7, 11) is 0. The highest BCUT2D eigenvalue weighted by Crippen LogP contribution is 2.24. The predicted octanol–water partition coefficient (Wildman–Crippen LogP) is 3.87. The summed E-state index contributed by atoms with van der Waals surface area (Å²) in [6.07, 6.45) is 5.34. The highest BCUT2D eigenvalue weighted by molar-refractivity contribution is 7.13. The summed E-state index contributed by atoms with van der Waals surface area (Å²) in [6.45, 7) is 1.95. The van der Waals surface area contributed by atoms with Gasteiger partial charge in [0.25, 0.3) is 5.91 Å². The maximum Gasteiger partial charge on any atom is 0.254 e. The number of benzene rings is 1. The van der Waals surface area contributed by atoms with Crippen LogP contribution in [0.15, 0.2) is 35.7 Å². The molecule has 0 bridgehead atoms. The van der Waals surface area contributed by atoms with E-state index in [4.69, 9.17) is 0 Å². The van der Waals surface area contributed by atoms with Crippen LogP contribution in [-0.4, -0.2) is 34.3 Å². The minimum Gasteiger partial charge on any atom is -0.326 e. The normalized spacial score (nSPS) is 14.9. The van der Waals surface area contributed by atoms with Crippen molar-refractivity contribution in [2.75, 3.05) is 11.9 Å². The number of anilines is 1. The molecule has 5 nitrogen and oxygen atoms in total. The minimum atomic E-state index is -0.191. The van der Waals surface area contributed by atoms with Crippen LogP contribution < -0.4 is 5.32 Å². The summed E-state index contributed by atoms with van der Waals surface area (Å²) < 4.78 is 0. The molecule has 132 valence electrons. The number of rotatable bonds is 5. The lowest BCUT2D eigenvalue weighted by atomic mass is 9.93. The molecular formula is C19H23N3O2S. The number of hydrogen-bond acceptors (Lipinski definition) is 4. The molecule has 0 atom stereocenters. The molecule has 1 fully saturated rings. The topological polar surface area (TPSA) is 62.3 Å². The number of aromatic nitrogens is 1. The van der Waals surface area contributed by atoms with Gasteiger partial charge in [-0.3, -0.25) is 9.59 Å². The molecule has 25 heavy (non-hydrogen) atoms. The molecule has 0 spiro atoms. The second-order valence-electron chi connectivity index (χ2n) is 6.43. The van der Waals surface area contributed by atoms with Crippen LogP contribution >= 0.6 is 11.3 Å². The molecule has 1 aromatic carbocycles. The lowest BCUT2D eigenvalue weighted by Crippen LogP contribution is -2.45. The van der Waals surface area contributed by atoms with Gasteiger partial charge in [0.15, 0.2) is 5.13 Å². The summed E-state index contributed by atoms with van der Waals surface area (Å²) in [4.78, 5) is 31.4. The molecule has 2 amide bonds. The van der Waals surface area contributed by atoms with Gasteiger partial charge in [0.2, 0.25) is 5.91 Å². The molecule has 0 unspecified atom stereocenters. The summed E-state index contributed by atoms with van der Waals surface area (Å²) in [5.74, 6) is -0.262. The molecule has 1 N–H and O–H groups in total. The number of aryl methyl sites for hydroxylation is 1. The van der Waals surface area contributed by atoms with E-state index in [9.17, 15) is 9.59 Å². The van der Waals surface area contributed by atoms with Gasteiger partial charge in [0.05, 0.1) is 5.69 Å². The van der Waals surface area contributed by atoms with Crippen molar-refractivity contribution in [3.8, 4) is 0 Å². The van der Waals surface area contributed by atoms with E-state index in [0.717, 1.165) is 31.4 Å². The standard InChI is InChI=1S/C19H23N3O2S/c1-14-13-25-19(20-14)21-17(23)12-22(16-10-6-3-7-11-16)18(24)15-8-4-2-5-9-15/h2,4-5,8-9,13,16H,3,6-7,10-12H2,1H3,(H,20,21,23). The fourth-order valence-corrected chi connectivity index (χ4v) is 3.94. The van der Waals surface area contributed by atoms with E-state index in [1.165, 1.54) is 17.8 Å². The van der Waals surface area contributed by atoms with Gasteiger partial charge in [0, 0.05) is 17.0 Å². The maximum atomic E-state index is 13.0. The fourth-order valence-electron chi connectivity index (χ4n) is 3.23. The maximum absolute atomic E-state index is 13.0. The first-order valence-corrected chi connectivity index (χ1v) is 9.59. The summed E-state index contributed by atoms with van der Waals surface area (Å²) in [5, 5.41) is 5.29. The molecule has 2 aromatic rings. The van der Waals surface area contributed by atoms with Gasteiger partial charge in [-0.05, 0) is 31.9 Å². The molecule has 3 rings (SSSR count). The molecule has 1 saturated carbocycles. The molecule has 1 aliphatic rings. The first-order chi connectivity index (χ1) is 12.1. The van der Waals surface area contributed by atoms with E-state index >= 15 is 0 Å². The van der Waals surface area contributed by atoms with Crippen LogP contribution in [-0.2, 0) is 4.79 Å². The molecule has 1 heterocycles. The molecule has 0 aliphatic heterocycles. The second kappa shape index (κ2) is 8.25. The zero-order valence-electron chi connectivity index (χ0n) is 14.4. The Morgan fingerprint density at radius 3 is 2.56 bits per heavy atom. The Morgan fingerprint density at radius 2 is 1.92 bits per heavy atom. The van der Waals surface area contributed by atoms with E-state index in [1.807, 2.05) is 30.5 Å². The summed E-state index contributed by atoms with van der Waals surface area (Å²) in [5.41, 5.74) is 1.51. The number of thiazole rings is 1. The lowest BCUT2D eigenvalue weighted by Gasteiger charge is -2.34. The Balaban J connectivity index is 1.73. The van der Waals surface area contributed by atoms with Gasteiger partial charge in [-0.2, -0.15) is 0 Å². The van der Waals surface area contributed by atoms with E-state index < -0.39 is 0 Å². The van der Waals surface area contributed by atoms with Crippen molar-refractivity contribution in [2.24, 2.45) is 0 Å². The zero-order valence-corrected chi connectivity index (χ0v) is 15.2. The number of hydrogen-bond donors (Lipinski definition) is 1. The average Bonchev–Trinajstić information content (AvgIpc) is 3.05. The van der Waals surface area contributed by atoms with Gasteiger partial charge in [0.1, 0.15) is 6.54 Å². The summed E-state index contributed by atoms with van der Waals surface area (Å²) >= 11 is 1.40. The van der Waals surface area contributed by atoms with Crippen molar-refractivity contribution < 1.29 is 9.59 Å². The minimum absolute atomic E-state index is 0.0665. The number of nitrogens with one attached hydrogen (secondary N) is 1. The summed E-state index contributed by atoms with van der Waals surface area (Å²) in [6, 6.07) is 9.33. The van der Waals surface area contributed by atoms with Gasteiger partial charge in [-0.1, -0.05) is 37.5 Å². The Hall–Kier alpha value is -2.21. The lowest BCUT2D eigenvalue weighted by molar-refractivity contribution is -0.117. The number of carbonyl (C=O) groups excluding carboxylic acids is 2. The van der Waals surface area contributed by atoms with Crippen molar-refractivity contribution in [1.29, 1.82) is 0 Å². The molecular weight excluding hydrogens is 334 g/mol. The third kappa shape index (κ3) is 4.66. The molecule has 6 heteroatoms. The largest absolute Gasteiger partial charge is 0.326 e. The average molecular weight is 357 g/mol. The van der Waals surface area contributed by atoms with Gasteiger partial charge in [-0.25, -0.2) is 4.98 Å². The first-order valence-electron chi connectivity index (χ1n) is 8.71. The van der Waals surface area contributed by atoms with Crippen LogP contribution in [0.3, 0.4) is 0 Å². The van der Waals surface area contributed by atoms with Crippen molar-refractivity contribution in [1.82, 2.24) is 9.88 Å². The predicted molar refractivity (Wildman–Crippen MR) is 99.8 cm³/mol. The van der Waals surface area contributed by atoms with E-state index in [-0.39, 0.29) is 24.4 Å². The monoisotopic (exact) mass is 357 g/mol. The van der Waals surface area contributed by atoms with Crippen LogP contribution in [0, 0.1) is 6.92 Å². The van der Waals surface area contributed by atoms with Crippen molar-refractivity contribution >= 4 is 28.3 Å².